The second kappa shape index (κ2) is 5.50. The largest absolute Gasteiger partial charge is 0.303 e. The first kappa shape index (κ1) is 14.1. The molecule has 0 radical (unpaired) electrons. The van der Waals surface area contributed by atoms with Crippen molar-refractivity contribution in [1.82, 2.24) is 9.80 Å². The Bertz CT molecular complexity index is 422. The van der Waals surface area contributed by atoms with Gasteiger partial charge in [-0.05, 0) is 29.4 Å². The Morgan fingerprint density at radius 3 is 2.05 bits per heavy atom. The highest BCUT2D eigenvalue weighted by Gasteiger charge is 2.46. The summed E-state index contributed by atoms with van der Waals surface area (Å²) >= 11 is 0. The average molecular weight is 272 g/mol. The van der Waals surface area contributed by atoms with Gasteiger partial charge in [-0.25, -0.2) is 0 Å². The van der Waals surface area contributed by atoms with E-state index in [0.29, 0.717) is 5.41 Å². The lowest BCUT2D eigenvalue weighted by Gasteiger charge is -2.56. The first-order chi connectivity index (χ1) is 9.59. The highest BCUT2D eigenvalue weighted by atomic mass is 15.2. The maximum atomic E-state index is 2.68. The van der Waals surface area contributed by atoms with Crippen molar-refractivity contribution in [2.24, 2.45) is 17.3 Å². The van der Waals surface area contributed by atoms with Crippen LogP contribution in [-0.4, -0.2) is 42.5 Å². The van der Waals surface area contributed by atoms with Crippen LogP contribution in [-0.2, 0) is 6.54 Å². The maximum absolute atomic E-state index is 2.68. The molecular formula is C18H28N2. The van der Waals surface area contributed by atoms with Gasteiger partial charge in [-0.15, -0.1) is 0 Å². The molecular weight excluding hydrogens is 244 g/mol. The number of likely N-dealkylation sites (tertiary alicyclic amines) is 2. The summed E-state index contributed by atoms with van der Waals surface area (Å²) in [6, 6.07) is 10.9. The van der Waals surface area contributed by atoms with Crippen molar-refractivity contribution in [3.8, 4) is 0 Å². The van der Waals surface area contributed by atoms with Gasteiger partial charge in [-0.1, -0.05) is 51.1 Å². The zero-order valence-corrected chi connectivity index (χ0v) is 13.2. The van der Waals surface area contributed by atoms with E-state index in [2.05, 4.69) is 60.9 Å². The van der Waals surface area contributed by atoms with Gasteiger partial charge in [0, 0.05) is 32.7 Å². The summed E-state index contributed by atoms with van der Waals surface area (Å²) < 4.78 is 0. The maximum Gasteiger partial charge on any atom is 0.0233 e. The molecule has 2 heteroatoms. The van der Waals surface area contributed by atoms with E-state index in [4.69, 9.17) is 0 Å². The molecule has 0 aliphatic carbocycles. The zero-order valence-electron chi connectivity index (χ0n) is 13.2. The van der Waals surface area contributed by atoms with Crippen LogP contribution >= 0.6 is 0 Å². The van der Waals surface area contributed by atoms with Gasteiger partial charge >= 0.3 is 0 Å². The Morgan fingerprint density at radius 1 is 0.950 bits per heavy atom. The minimum Gasteiger partial charge on any atom is -0.303 e. The fourth-order valence-electron chi connectivity index (χ4n) is 4.01. The van der Waals surface area contributed by atoms with E-state index < -0.39 is 0 Å². The van der Waals surface area contributed by atoms with E-state index in [9.17, 15) is 0 Å². The molecule has 0 spiro atoms. The van der Waals surface area contributed by atoms with Gasteiger partial charge in [0.15, 0.2) is 0 Å². The van der Waals surface area contributed by atoms with Gasteiger partial charge in [-0.3, -0.25) is 4.90 Å². The highest BCUT2D eigenvalue weighted by Crippen LogP contribution is 2.44. The van der Waals surface area contributed by atoms with Crippen molar-refractivity contribution in [2.45, 2.75) is 27.3 Å². The van der Waals surface area contributed by atoms with E-state index in [1.807, 2.05) is 0 Å². The van der Waals surface area contributed by atoms with E-state index in [0.717, 1.165) is 18.4 Å². The Morgan fingerprint density at radius 2 is 1.50 bits per heavy atom. The zero-order chi connectivity index (χ0) is 14.2. The number of hydrogen-bond donors (Lipinski definition) is 0. The molecule has 1 aromatic carbocycles. The van der Waals surface area contributed by atoms with Crippen LogP contribution in [0, 0.1) is 17.3 Å². The predicted molar refractivity (Wildman–Crippen MR) is 84.6 cm³/mol. The molecule has 2 fully saturated rings. The lowest BCUT2D eigenvalue weighted by atomic mass is 9.63. The molecule has 2 unspecified atom stereocenters. The van der Waals surface area contributed by atoms with E-state index in [1.165, 1.54) is 38.3 Å². The SMILES string of the molecule is CCN1CC2CN(Cc3ccccc3)CC(C1)C2(C)C. The smallest absolute Gasteiger partial charge is 0.0233 e. The Kier molecular flexibility index (Phi) is 3.87. The molecule has 2 aliphatic rings. The molecule has 20 heavy (non-hydrogen) atoms. The third kappa shape index (κ3) is 2.64. The van der Waals surface area contributed by atoms with Crippen molar-refractivity contribution in [2.75, 3.05) is 32.7 Å². The average Bonchev–Trinajstić information content (AvgIpc) is 2.41. The monoisotopic (exact) mass is 272 g/mol. The summed E-state index contributed by atoms with van der Waals surface area (Å²) in [4.78, 5) is 5.34. The normalized spacial score (nSPS) is 30.4. The first-order valence-electron chi connectivity index (χ1n) is 8.08. The van der Waals surface area contributed by atoms with Gasteiger partial charge in [0.1, 0.15) is 0 Å². The Labute approximate surface area is 123 Å². The lowest BCUT2D eigenvalue weighted by Crippen LogP contribution is -2.61. The molecule has 3 rings (SSSR count). The van der Waals surface area contributed by atoms with Crippen LogP contribution < -0.4 is 0 Å². The van der Waals surface area contributed by atoms with Crippen LogP contribution in [0.4, 0.5) is 0 Å². The van der Waals surface area contributed by atoms with Crippen molar-refractivity contribution in [1.29, 1.82) is 0 Å². The number of fused-ring (bicyclic) bond motifs is 2. The van der Waals surface area contributed by atoms with Crippen LogP contribution in [0.3, 0.4) is 0 Å². The van der Waals surface area contributed by atoms with E-state index in [-0.39, 0.29) is 0 Å². The molecule has 0 aromatic heterocycles. The molecule has 1 aromatic rings. The van der Waals surface area contributed by atoms with Crippen molar-refractivity contribution < 1.29 is 0 Å². The summed E-state index contributed by atoms with van der Waals surface area (Å²) in [5.74, 6) is 1.64. The summed E-state index contributed by atoms with van der Waals surface area (Å²) in [5.41, 5.74) is 1.97. The molecule has 2 saturated heterocycles. The highest BCUT2D eigenvalue weighted by molar-refractivity contribution is 5.15. The standard InChI is InChI=1S/C18H28N2/c1-4-19-11-16-13-20(10-15-8-6-5-7-9-15)14-17(12-19)18(16,2)3/h5-9,16-17H,4,10-14H2,1-3H3. The molecule has 0 N–H and O–H groups in total. The first-order valence-corrected chi connectivity index (χ1v) is 8.08. The van der Waals surface area contributed by atoms with Crippen LogP contribution in [0.15, 0.2) is 30.3 Å². The van der Waals surface area contributed by atoms with Crippen molar-refractivity contribution in [3.63, 3.8) is 0 Å². The van der Waals surface area contributed by atoms with Crippen LogP contribution in [0.25, 0.3) is 0 Å². The van der Waals surface area contributed by atoms with Gasteiger partial charge in [0.05, 0.1) is 0 Å². The van der Waals surface area contributed by atoms with Gasteiger partial charge < -0.3 is 4.90 Å². The fraction of sp³-hybridized carbons (Fsp3) is 0.667. The third-order valence-corrected chi connectivity index (χ3v) is 5.71. The summed E-state index contributed by atoms with van der Waals surface area (Å²) in [6.07, 6.45) is 0. The van der Waals surface area contributed by atoms with Gasteiger partial charge in [0.25, 0.3) is 0 Å². The van der Waals surface area contributed by atoms with E-state index in [1.54, 1.807) is 0 Å². The minimum atomic E-state index is 0.513. The van der Waals surface area contributed by atoms with Crippen molar-refractivity contribution >= 4 is 0 Å². The lowest BCUT2D eigenvalue weighted by molar-refractivity contribution is -0.0724. The minimum absolute atomic E-state index is 0.513. The molecule has 0 amide bonds. The second-order valence-electron chi connectivity index (χ2n) is 7.25. The number of benzene rings is 1. The number of nitrogens with zero attached hydrogens (tertiary/aromatic N) is 2. The Balaban J connectivity index is 1.71. The quantitative estimate of drug-likeness (QED) is 0.834. The van der Waals surface area contributed by atoms with Gasteiger partial charge in [-0.2, -0.15) is 0 Å². The Hall–Kier alpha value is -0.860. The number of piperidine rings is 2. The summed E-state index contributed by atoms with van der Waals surface area (Å²) in [5, 5.41) is 0. The van der Waals surface area contributed by atoms with Gasteiger partial charge in [0.2, 0.25) is 0 Å². The van der Waals surface area contributed by atoms with Crippen LogP contribution in [0.2, 0.25) is 0 Å². The molecule has 2 heterocycles. The number of rotatable bonds is 3. The van der Waals surface area contributed by atoms with Crippen LogP contribution in [0.5, 0.6) is 0 Å². The van der Waals surface area contributed by atoms with Crippen molar-refractivity contribution in [3.05, 3.63) is 35.9 Å². The third-order valence-electron chi connectivity index (χ3n) is 5.71. The molecule has 2 aliphatic heterocycles. The molecule has 2 bridgehead atoms. The summed E-state index contributed by atoms with van der Waals surface area (Å²) in [7, 11) is 0. The van der Waals surface area contributed by atoms with Crippen LogP contribution in [0.1, 0.15) is 26.3 Å². The fourth-order valence-corrected chi connectivity index (χ4v) is 4.01. The second-order valence-corrected chi connectivity index (χ2v) is 7.25. The topological polar surface area (TPSA) is 6.48 Å². The van der Waals surface area contributed by atoms with E-state index >= 15 is 0 Å². The molecule has 110 valence electrons. The summed E-state index contributed by atoms with van der Waals surface area (Å²) in [6.45, 7) is 14.7. The molecule has 2 nitrogen and oxygen atoms in total. The molecule has 2 atom stereocenters. The predicted octanol–water partition coefficient (Wildman–Crippen LogP) is 3.10. The number of hydrogen-bond acceptors (Lipinski definition) is 2. The molecule has 0 saturated carbocycles.